The van der Waals surface area contributed by atoms with Crippen LogP contribution in [0.1, 0.15) is 5.56 Å². The number of hydrogen-bond donors (Lipinski definition) is 1. The average molecular weight is 408 g/mol. The molecule has 154 valence electrons. The van der Waals surface area contributed by atoms with Crippen LogP contribution >= 0.6 is 0 Å². The maximum Gasteiger partial charge on any atom is 0.204 e. The number of ether oxygens (including phenoxy) is 4. The number of methoxy groups -OCH3 is 3. The molecule has 0 amide bonds. The summed E-state index contributed by atoms with van der Waals surface area (Å²) in [6.07, 6.45) is 1.68. The predicted octanol–water partition coefficient (Wildman–Crippen LogP) is 1.94. The quantitative estimate of drug-likeness (QED) is 0.706. The Hall–Kier alpha value is -3.87. The van der Waals surface area contributed by atoms with Gasteiger partial charge in [-0.25, -0.2) is 0 Å². The van der Waals surface area contributed by atoms with Crippen molar-refractivity contribution in [1.29, 1.82) is 0 Å². The van der Waals surface area contributed by atoms with Crippen LogP contribution in [0, 0.1) is 10.6 Å². The molecule has 0 atom stereocenters. The van der Waals surface area contributed by atoms with Gasteiger partial charge in [0.25, 0.3) is 0 Å². The van der Waals surface area contributed by atoms with Gasteiger partial charge in [0.1, 0.15) is 28.9 Å². The van der Waals surface area contributed by atoms with Crippen LogP contribution in [-0.4, -0.2) is 33.0 Å². The van der Waals surface area contributed by atoms with Crippen molar-refractivity contribution >= 4 is 17.9 Å². The van der Waals surface area contributed by atoms with Gasteiger partial charge in [-0.05, 0) is 30.3 Å². The van der Waals surface area contributed by atoms with Gasteiger partial charge in [-0.15, -0.1) is 0 Å². The largest absolute Gasteiger partial charge is 0.507 e. The van der Waals surface area contributed by atoms with E-state index < -0.39 is 0 Å². The third-order valence-electron chi connectivity index (χ3n) is 4.93. The van der Waals surface area contributed by atoms with E-state index in [-0.39, 0.29) is 23.0 Å². The van der Waals surface area contributed by atoms with Crippen LogP contribution in [0.3, 0.4) is 0 Å². The van der Waals surface area contributed by atoms with E-state index in [1.807, 2.05) is 0 Å². The molecule has 30 heavy (non-hydrogen) atoms. The monoisotopic (exact) mass is 408 g/mol. The Morgan fingerprint density at radius 2 is 1.83 bits per heavy atom. The summed E-state index contributed by atoms with van der Waals surface area (Å²) in [5.74, 6) is 1.35. The number of benzene rings is 1. The van der Waals surface area contributed by atoms with E-state index in [1.165, 1.54) is 27.4 Å². The second-order valence-electron chi connectivity index (χ2n) is 6.55. The molecule has 2 aliphatic heterocycles. The Labute approximate surface area is 171 Å². The van der Waals surface area contributed by atoms with Gasteiger partial charge < -0.3 is 28.5 Å². The fourth-order valence-electron chi connectivity index (χ4n) is 3.55. The molecular weight excluding hydrogens is 388 g/mol. The van der Waals surface area contributed by atoms with E-state index in [2.05, 4.69) is 6.58 Å². The van der Waals surface area contributed by atoms with Crippen molar-refractivity contribution < 1.29 is 28.5 Å². The minimum atomic E-state index is -0.359. The van der Waals surface area contributed by atoms with Crippen molar-refractivity contribution in [2.24, 2.45) is 0 Å². The van der Waals surface area contributed by atoms with Crippen LogP contribution in [0.5, 0.6) is 23.0 Å². The molecule has 0 fully saturated rings. The molecular formula is C23H20O7. The Morgan fingerprint density at radius 3 is 2.53 bits per heavy atom. The highest BCUT2D eigenvalue weighted by molar-refractivity contribution is 5.99. The highest BCUT2D eigenvalue weighted by atomic mass is 16.5. The lowest BCUT2D eigenvalue weighted by molar-refractivity contribution is 0.310. The first-order chi connectivity index (χ1) is 14.5. The number of aliphatic hydroxyl groups excluding tert-OH is 1. The lowest BCUT2D eigenvalue weighted by atomic mass is 9.97. The van der Waals surface area contributed by atoms with Crippen molar-refractivity contribution in [3.63, 3.8) is 0 Å². The first kappa shape index (κ1) is 19.4. The molecule has 1 aromatic carbocycles. The molecule has 0 aromatic heterocycles. The van der Waals surface area contributed by atoms with Crippen LogP contribution < -0.4 is 35.0 Å². The van der Waals surface area contributed by atoms with Crippen molar-refractivity contribution in [2.75, 3.05) is 27.9 Å². The van der Waals surface area contributed by atoms with Crippen molar-refractivity contribution in [1.82, 2.24) is 0 Å². The summed E-state index contributed by atoms with van der Waals surface area (Å²) in [4.78, 5) is 13.0. The SMILES string of the molecule is C=c1ccc2c(=O)c(=C(O)C3=CCOc4cc(OC)c(OC)c(OC)c43)ccc=2o1. The van der Waals surface area contributed by atoms with Gasteiger partial charge in [0.15, 0.2) is 11.5 Å². The van der Waals surface area contributed by atoms with Gasteiger partial charge >= 0.3 is 0 Å². The number of rotatable bonds is 4. The first-order valence-electron chi connectivity index (χ1n) is 9.12. The molecule has 0 saturated carbocycles. The zero-order valence-corrected chi connectivity index (χ0v) is 16.8. The van der Waals surface area contributed by atoms with Crippen molar-refractivity contribution in [2.45, 2.75) is 0 Å². The summed E-state index contributed by atoms with van der Waals surface area (Å²) < 4.78 is 27.6. The highest BCUT2D eigenvalue weighted by Gasteiger charge is 2.28. The van der Waals surface area contributed by atoms with Gasteiger partial charge in [0, 0.05) is 11.6 Å². The lowest BCUT2D eigenvalue weighted by Crippen LogP contribution is -2.29. The molecule has 1 aromatic rings. The second kappa shape index (κ2) is 7.51. The van der Waals surface area contributed by atoms with Gasteiger partial charge in [-0.1, -0.05) is 6.58 Å². The molecule has 1 aliphatic carbocycles. The molecule has 2 heterocycles. The fraction of sp³-hybridized carbons (Fsp3) is 0.174. The normalized spacial score (nSPS) is 13.8. The zero-order chi connectivity index (χ0) is 21.4. The standard InChI is InChI=1S/C23H20O7/c1-12-5-6-13-16(30-12)8-7-15(20(13)24)21(25)14-9-10-29-17-11-18(26-2)22(27-3)23(28-4)19(14)17/h5-9,11,25H,1,10H2,2-4H3. The van der Waals surface area contributed by atoms with Crippen molar-refractivity contribution in [3.8, 4) is 23.0 Å². The smallest absolute Gasteiger partial charge is 0.204 e. The predicted molar refractivity (Wildman–Crippen MR) is 111 cm³/mol. The minimum Gasteiger partial charge on any atom is -0.507 e. The van der Waals surface area contributed by atoms with Gasteiger partial charge in [0.2, 0.25) is 11.2 Å². The van der Waals surface area contributed by atoms with Gasteiger partial charge in [0.05, 0.1) is 37.3 Å². The average Bonchev–Trinajstić information content (AvgIpc) is 2.76. The van der Waals surface area contributed by atoms with E-state index in [0.717, 1.165) is 0 Å². The third kappa shape index (κ3) is 2.95. The Balaban J connectivity index is 2.04. The van der Waals surface area contributed by atoms with Crippen LogP contribution in [0.4, 0.5) is 0 Å². The molecule has 0 spiro atoms. The number of fused-ring (bicyclic) bond motifs is 1. The topological polar surface area (TPSA) is 87.4 Å². The zero-order valence-electron chi connectivity index (χ0n) is 16.8. The summed E-state index contributed by atoms with van der Waals surface area (Å²) in [7, 11) is 4.48. The fourth-order valence-corrected chi connectivity index (χ4v) is 3.55. The summed E-state index contributed by atoms with van der Waals surface area (Å²) >= 11 is 0. The molecule has 0 saturated heterocycles. The van der Waals surface area contributed by atoms with E-state index in [9.17, 15) is 9.90 Å². The summed E-state index contributed by atoms with van der Waals surface area (Å²) in [5.41, 5.74) is 1.35. The Morgan fingerprint density at radius 1 is 1.07 bits per heavy atom. The van der Waals surface area contributed by atoms with E-state index >= 15 is 0 Å². The first-order valence-corrected chi connectivity index (χ1v) is 9.12. The number of aliphatic hydroxyl groups is 1. The molecule has 7 heteroatoms. The van der Waals surface area contributed by atoms with Crippen LogP contribution in [0.2, 0.25) is 0 Å². The van der Waals surface area contributed by atoms with E-state index in [4.69, 9.17) is 23.4 Å². The molecule has 4 rings (SSSR count). The van der Waals surface area contributed by atoms with Crippen LogP contribution in [0.15, 0.2) is 45.6 Å². The molecule has 0 bridgehead atoms. The maximum atomic E-state index is 13.0. The van der Waals surface area contributed by atoms with Crippen molar-refractivity contribution in [3.05, 3.63) is 73.5 Å². The maximum absolute atomic E-state index is 13.0. The summed E-state index contributed by atoms with van der Waals surface area (Å²) in [6, 6.07) is 8.04. The minimum absolute atomic E-state index is 0.130. The molecule has 7 nitrogen and oxygen atoms in total. The van der Waals surface area contributed by atoms with E-state index in [1.54, 1.807) is 30.3 Å². The molecule has 0 radical (unpaired) electrons. The third-order valence-corrected chi connectivity index (χ3v) is 4.93. The molecule has 3 aliphatic rings. The Kier molecular flexibility index (Phi) is 4.87. The number of hydrogen-bond acceptors (Lipinski definition) is 7. The van der Waals surface area contributed by atoms with Crippen LogP contribution in [0.25, 0.3) is 17.9 Å². The second-order valence-corrected chi connectivity index (χ2v) is 6.55. The molecule has 0 unspecified atom stereocenters. The van der Waals surface area contributed by atoms with E-state index in [0.29, 0.717) is 50.2 Å². The lowest BCUT2D eigenvalue weighted by Gasteiger charge is -2.23. The molecule has 1 N–H and O–H groups in total. The highest BCUT2D eigenvalue weighted by Crippen LogP contribution is 2.50. The summed E-state index contributed by atoms with van der Waals surface area (Å²) in [6.45, 7) is 3.92. The van der Waals surface area contributed by atoms with Gasteiger partial charge in [-0.3, -0.25) is 4.79 Å². The Bertz CT molecular complexity index is 1400. The van der Waals surface area contributed by atoms with Gasteiger partial charge in [-0.2, -0.15) is 0 Å². The summed E-state index contributed by atoms with van der Waals surface area (Å²) in [5, 5.41) is 11.6. The van der Waals surface area contributed by atoms with Crippen LogP contribution in [-0.2, 0) is 0 Å².